The summed E-state index contributed by atoms with van der Waals surface area (Å²) in [5, 5.41) is 11.5. The predicted octanol–water partition coefficient (Wildman–Crippen LogP) is 0.477. The molecule has 21 heavy (non-hydrogen) atoms. The summed E-state index contributed by atoms with van der Waals surface area (Å²) in [5.41, 5.74) is 0.381. The smallest absolute Gasteiger partial charge is 0.276 e. The van der Waals surface area contributed by atoms with E-state index in [1.807, 2.05) is 4.68 Å². The van der Waals surface area contributed by atoms with E-state index in [-0.39, 0.29) is 5.91 Å². The van der Waals surface area contributed by atoms with Gasteiger partial charge in [0.25, 0.3) is 5.91 Å². The average Bonchev–Trinajstić information content (AvgIpc) is 3.01. The Morgan fingerprint density at radius 3 is 3.05 bits per heavy atom. The third kappa shape index (κ3) is 4.12. The van der Waals surface area contributed by atoms with Crippen molar-refractivity contribution in [2.45, 2.75) is 18.9 Å². The van der Waals surface area contributed by atoms with Crippen LogP contribution in [0.15, 0.2) is 18.9 Å². The molecule has 0 bridgehead atoms. The van der Waals surface area contributed by atoms with Crippen molar-refractivity contribution in [2.24, 2.45) is 0 Å². The Labute approximate surface area is 124 Å². The summed E-state index contributed by atoms with van der Waals surface area (Å²) in [6.07, 6.45) is 5.47. The van der Waals surface area contributed by atoms with Gasteiger partial charge in [-0.05, 0) is 25.9 Å². The minimum absolute atomic E-state index is 0.132. The SMILES string of the molecule is C=CCN(CCOC)C(=O)c1cn(C2CCNCC2)nn1. The number of ether oxygens (including phenoxy) is 1. The zero-order chi connectivity index (χ0) is 15.1. The molecular weight excluding hydrogens is 270 g/mol. The molecule has 7 heteroatoms. The van der Waals surface area contributed by atoms with E-state index in [0.29, 0.717) is 31.4 Å². The van der Waals surface area contributed by atoms with E-state index in [4.69, 9.17) is 4.74 Å². The average molecular weight is 293 g/mol. The zero-order valence-corrected chi connectivity index (χ0v) is 12.5. The molecule has 1 aromatic rings. The molecule has 1 fully saturated rings. The van der Waals surface area contributed by atoms with Gasteiger partial charge in [-0.3, -0.25) is 4.79 Å². The lowest BCUT2D eigenvalue weighted by molar-refractivity contribution is 0.0712. The van der Waals surface area contributed by atoms with Gasteiger partial charge in [0.2, 0.25) is 0 Å². The van der Waals surface area contributed by atoms with Gasteiger partial charge in [0.15, 0.2) is 5.69 Å². The van der Waals surface area contributed by atoms with Crippen LogP contribution < -0.4 is 5.32 Å². The van der Waals surface area contributed by atoms with Gasteiger partial charge in [-0.2, -0.15) is 0 Å². The van der Waals surface area contributed by atoms with E-state index < -0.39 is 0 Å². The maximum absolute atomic E-state index is 12.4. The molecule has 1 aromatic heterocycles. The van der Waals surface area contributed by atoms with E-state index in [0.717, 1.165) is 25.9 Å². The molecule has 0 unspecified atom stereocenters. The van der Waals surface area contributed by atoms with Gasteiger partial charge < -0.3 is 15.0 Å². The fourth-order valence-corrected chi connectivity index (χ4v) is 2.42. The molecule has 1 N–H and O–H groups in total. The van der Waals surface area contributed by atoms with Crippen LogP contribution in [0.25, 0.3) is 0 Å². The highest BCUT2D eigenvalue weighted by molar-refractivity contribution is 5.92. The Balaban J connectivity index is 2.03. The van der Waals surface area contributed by atoms with Gasteiger partial charge in [-0.25, -0.2) is 4.68 Å². The molecule has 0 atom stereocenters. The van der Waals surface area contributed by atoms with Crippen LogP contribution in [0, 0.1) is 0 Å². The molecule has 1 amide bonds. The first kappa shape index (κ1) is 15.7. The zero-order valence-electron chi connectivity index (χ0n) is 12.5. The monoisotopic (exact) mass is 293 g/mol. The van der Waals surface area contributed by atoms with Crippen LogP contribution in [-0.2, 0) is 4.74 Å². The number of piperidine rings is 1. The van der Waals surface area contributed by atoms with Crippen LogP contribution in [0.4, 0.5) is 0 Å². The van der Waals surface area contributed by atoms with Crippen LogP contribution in [-0.4, -0.2) is 65.7 Å². The lowest BCUT2D eigenvalue weighted by Gasteiger charge is -2.22. The van der Waals surface area contributed by atoms with Crippen molar-refractivity contribution in [2.75, 3.05) is 39.9 Å². The summed E-state index contributed by atoms with van der Waals surface area (Å²) in [5.74, 6) is -0.132. The van der Waals surface area contributed by atoms with Crippen LogP contribution in [0.5, 0.6) is 0 Å². The number of nitrogens with one attached hydrogen (secondary N) is 1. The highest BCUT2D eigenvalue weighted by Crippen LogP contribution is 2.17. The molecule has 0 radical (unpaired) electrons. The van der Waals surface area contributed by atoms with Gasteiger partial charge >= 0.3 is 0 Å². The number of hydrogen-bond acceptors (Lipinski definition) is 5. The lowest BCUT2D eigenvalue weighted by Crippen LogP contribution is -2.34. The first-order chi connectivity index (χ1) is 10.3. The molecule has 2 rings (SSSR count). The van der Waals surface area contributed by atoms with Crippen molar-refractivity contribution in [3.8, 4) is 0 Å². The Morgan fingerprint density at radius 1 is 1.62 bits per heavy atom. The third-order valence-corrected chi connectivity index (χ3v) is 3.61. The number of carbonyl (C=O) groups excluding carboxylic acids is 1. The molecule has 1 aliphatic heterocycles. The second kappa shape index (κ2) is 7.90. The molecule has 1 saturated heterocycles. The van der Waals surface area contributed by atoms with Gasteiger partial charge in [0.1, 0.15) is 0 Å². The summed E-state index contributed by atoms with van der Waals surface area (Å²) < 4.78 is 6.84. The number of aromatic nitrogens is 3. The third-order valence-electron chi connectivity index (χ3n) is 3.61. The van der Waals surface area contributed by atoms with Gasteiger partial charge in [0, 0.05) is 20.2 Å². The summed E-state index contributed by atoms with van der Waals surface area (Å²) >= 11 is 0. The maximum Gasteiger partial charge on any atom is 0.276 e. The number of amides is 1. The Bertz CT molecular complexity index is 468. The summed E-state index contributed by atoms with van der Waals surface area (Å²) in [4.78, 5) is 14.1. The van der Waals surface area contributed by atoms with Crippen molar-refractivity contribution >= 4 is 5.91 Å². The van der Waals surface area contributed by atoms with Crippen molar-refractivity contribution in [1.29, 1.82) is 0 Å². The van der Waals surface area contributed by atoms with Gasteiger partial charge in [0.05, 0.1) is 18.8 Å². The number of nitrogens with zero attached hydrogens (tertiary/aromatic N) is 4. The quantitative estimate of drug-likeness (QED) is 0.740. The number of methoxy groups -OCH3 is 1. The normalized spacial score (nSPS) is 15.9. The largest absolute Gasteiger partial charge is 0.383 e. The second-order valence-corrected chi connectivity index (χ2v) is 5.10. The second-order valence-electron chi connectivity index (χ2n) is 5.10. The van der Waals surface area contributed by atoms with E-state index in [2.05, 4.69) is 22.2 Å². The summed E-state index contributed by atoms with van der Waals surface area (Å²) in [7, 11) is 1.62. The van der Waals surface area contributed by atoms with E-state index in [9.17, 15) is 4.79 Å². The molecule has 0 spiro atoms. The molecule has 0 saturated carbocycles. The van der Waals surface area contributed by atoms with E-state index in [1.165, 1.54) is 0 Å². The molecule has 2 heterocycles. The topological polar surface area (TPSA) is 72.3 Å². The first-order valence-corrected chi connectivity index (χ1v) is 7.28. The number of carbonyl (C=O) groups is 1. The van der Waals surface area contributed by atoms with Crippen molar-refractivity contribution in [3.63, 3.8) is 0 Å². The molecule has 1 aliphatic rings. The van der Waals surface area contributed by atoms with Crippen molar-refractivity contribution in [1.82, 2.24) is 25.2 Å². The van der Waals surface area contributed by atoms with Gasteiger partial charge in [-0.15, -0.1) is 11.7 Å². The standard InChI is InChI=1S/C14H23N5O2/c1-3-8-18(9-10-21-2)14(20)13-11-19(17-16-13)12-4-6-15-7-5-12/h3,11-12,15H,1,4-10H2,2H3. The van der Waals surface area contributed by atoms with E-state index in [1.54, 1.807) is 24.3 Å². The fraction of sp³-hybridized carbons (Fsp3) is 0.643. The Morgan fingerprint density at radius 2 is 2.38 bits per heavy atom. The predicted molar refractivity (Wildman–Crippen MR) is 79.1 cm³/mol. The number of hydrogen-bond donors (Lipinski definition) is 1. The summed E-state index contributed by atoms with van der Waals surface area (Å²) in [6, 6.07) is 0.326. The maximum atomic E-state index is 12.4. The Hall–Kier alpha value is -1.73. The highest BCUT2D eigenvalue weighted by atomic mass is 16.5. The van der Waals surface area contributed by atoms with Crippen LogP contribution in [0.3, 0.4) is 0 Å². The minimum atomic E-state index is -0.132. The van der Waals surface area contributed by atoms with Crippen LogP contribution >= 0.6 is 0 Å². The molecule has 116 valence electrons. The minimum Gasteiger partial charge on any atom is -0.383 e. The molecule has 0 aromatic carbocycles. The molecular formula is C14H23N5O2. The number of rotatable bonds is 7. The Kier molecular flexibility index (Phi) is 5.89. The van der Waals surface area contributed by atoms with Crippen molar-refractivity contribution < 1.29 is 9.53 Å². The fourth-order valence-electron chi connectivity index (χ4n) is 2.42. The first-order valence-electron chi connectivity index (χ1n) is 7.28. The van der Waals surface area contributed by atoms with Gasteiger partial charge in [-0.1, -0.05) is 11.3 Å². The van der Waals surface area contributed by atoms with E-state index >= 15 is 0 Å². The van der Waals surface area contributed by atoms with Crippen LogP contribution in [0.1, 0.15) is 29.4 Å². The summed E-state index contributed by atoms with van der Waals surface area (Å²) in [6.45, 7) is 7.11. The molecule has 7 nitrogen and oxygen atoms in total. The highest BCUT2D eigenvalue weighted by Gasteiger charge is 2.21. The van der Waals surface area contributed by atoms with Crippen molar-refractivity contribution in [3.05, 3.63) is 24.5 Å². The molecule has 0 aliphatic carbocycles. The van der Waals surface area contributed by atoms with Crippen LogP contribution in [0.2, 0.25) is 0 Å². The lowest BCUT2D eigenvalue weighted by atomic mass is 10.1.